The molecule has 0 aliphatic carbocycles. The molecule has 0 unspecified atom stereocenters. The standard InChI is InChI=1S/C30H45N3O7/c1-19-17-31-21(35)11-8-7-9-15-33(29(5,6)18-28(2,3)4)26(37)24-30-13-12-20(40-30)22(27(38)39-19)23(30)25(36)32(24)14-10-16-34/h7,9,12-13,19-20,22-24,34H,8,10-11,14-18H2,1-6H3,(H,31,35)/b9-7-/t19-,20+,22-,23-,24+,30-/m1/s1. The fourth-order valence-electron chi connectivity index (χ4n) is 7.05. The predicted molar refractivity (Wildman–Crippen MR) is 148 cm³/mol. The number of likely N-dealkylation sites (tertiary alicyclic amines) is 1. The van der Waals surface area contributed by atoms with Crippen molar-refractivity contribution in [2.45, 2.75) is 96.6 Å². The Morgan fingerprint density at radius 1 is 1.10 bits per heavy atom. The molecule has 6 atom stereocenters. The minimum Gasteiger partial charge on any atom is -0.460 e. The first-order chi connectivity index (χ1) is 18.7. The van der Waals surface area contributed by atoms with Crippen molar-refractivity contribution in [3.63, 3.8) is 0 Å². The van der Waals surface area contributed by atoms with Gasteiger partial charge in [-0.2, -0.15) is 0 Å². The lowest BCUT2D eigenvalue weighted by Gasteiger charge is -2.45. The molecule has 10 heteroatoms. The first-order valence-corrected chi connectivity index (χ1v) is 14.4. The highest BCUT2D eigenvalue weighted by molar-refractivity contribution is 5.99. The number of ether oxygens (including phenoxy) is 2. The predicted octanol–water partition coefficient (Wildman–Crippen LogP) is 1.96. The van der Waals surface area contributed by atoms with Gasteiger partial charge in [0.1, 0.15) is 23.7 Å². The van der Waals surface area contributed by atoms with E-state index >= 15 is 0 Å². The van der Waals surface area contributed by atoms with E-state index in [4.69, 9.17) is 9.47 Å². The maximum absolute atomic E-state index is 14.7. The number of carbonyl (C=O) groups is 4. The largest absolute Gasteiger partial charge is 0.460 e. The van der Waals surface area contributed by atoms with Crippen molar-refractivity contribution in [2.75, 3.05) is 26.2 Å². The topological polar surface area (TPSA) is 125 Å². The lowest BCUT2D eigenvalue weighted by atomic mass is 9.74. The molecule has 0 radical (unpaired) electrons. The number of aliphatic hydroxyl groups is 1. The molecule has 4 aliphatic rings. The van der Waals surface area contributed by atoms with Gasteiger partial charge in [-0.1, -0.05) is 45.1 Å². The molecule has 3 amide bonds. The zero-order chi connectivity index (χ0) is 29.5. The highest BCUT2D eigenvalue weighted by Gasteiger charge is 2.73. The van der Waals surface area contributed by atoms with Gasteiger partial charge in [0, 0.05) is 31.7 Å². The maximum atomic E-state index is 14.7. The minimum absolute atomic E-state index is 0.0876. The van der Waals surface area contributed by atoms with Crippen molar-refractivity contribution in [1.82, 2.24) is 15.1 Å². The molecule has 4 aliphatic heterocycles. The van der Waals surface area contributed by atoms with E-state index in [1.807, 2.05) is 26.0 Å². The number of esters is 1. The Kier molecular flexibility index (Phi) is 8.53. The van der Waals surface area contributed by atoms with E-state index in [9.17, 15) is 24.3 Å². The van der Waals surface area contributed by atoms with Crippen LogP contribution in [0.2, 0.25) is 0 Å². The second-order valence-corrected chi connectivity index (χ2v) is 13.4. The van der Waals surface area contributed by atoms with Crippen LogP contribution in [0.3, 0.4) is 0 Å². The molecule has 4 heterocycles. The van der Waals surface area contributed by atoms with Crippen LogP contribution in [0.4, 0.5) is 0 Å². The minimum atomic E-state index is -1.30. The van der Waals surface area contributed by atoms with Crippen LogP contribution in [0.25, 0.3) is 0 Å². The molecule has 0 saturated carbocycles. The van der Waals surface area contributed by atoms with Crippen LogP contribution in [0.15, 0.2) is 24.3 Å². The number of hydrogen-bond acceptors (Lipinski definition) is 7. The number of allylic oxidation sites excluding steroid dienone is 1. The van der Waals surface area contributed by atoms with Crippen LogP contribution in [-0.4, -0.2) is 94.2 Å². The van der Waals surface area contributed by atoms with Crippen molar-refractivity contribution in [3.8, 4) is 0 Å². The summed E-state index contributed by atoms with van der Waals surface area (Å²) in [5.41, 5.74) is -1.98. The number of amides is 3. The van der Waals surface area contributed by atoms with Crippen LogP contribution in [0, 0.1) is 17.3 Å². The van der Waals surface area contributed by atoms with Crippen LogP contribution in [-0.2, 0) is 28.7 Å². The Hall–Kier alpha value is -2.72. The van der Waals surface area contributed by atoms with E-state index in [0.717, 1.165) is 0 Å². The molecule has 0 aromatic rings. The highest BCUT2D eigenvalue weighted by atomic mass is 16.6. The molecular formula is C30H45N3O7. The fourth-order valence-corrected chi connectivity index (χ4v) is 7.05. The monoisotopic (exact) mass is 559 g/mol. The van der Waals surface area contributed by atoms with Gasteiger partial charge in [0.15, 0.2) is 0 Å². The number of aliphatic hydroxyl groups excluding tert-OH is 1. The quantitative estimate of drug-likeness (QED) is 0.390. The molecule has 0 aromatic heterocycles. The Labute approximate surface area is 237 Å². The Bertz CT molecular complexity index is 1080. The van der Waals surface area contributed by atoms with Gasteiger partial charge in [-0.25, -0.2) is 0 Å². The number of fused-ring (bicyclic) bond motifs is 2. The number of nitrogens with zero attached hydrogens (tertiary/aromatic N) is 2. The number of cyclic esters (lactones) is 1. The number of carbonyl (C=O) groups excluding carboxylic acids is 4. The molecule has 2 N–H and O–H groups in total. The number of nitrogens with one attached hydrogen (secondary N) is 1. The van der Waals surface area contributed by atoms with Crippen molar-refractivity contribution < 1.29 is 33.8 Å². The number of rotatable bonds is 5. The summed E-state index contributed by atoms with van der Waals surface area (Å²) in [5, 5.41) is 12.4. The molecule has 1 spiro atoms. The normalized spacial score (nSPS) is 34.2. The summed E-state index contributed by atoms with van der Waals surface area (Å²) in [6.07, 6.45) is 7.81. The highest BCUT2D eigenvalue weighted by Crippen LogP contribution is 2.56. The van der Waals surface area contributed by atoms with Gasteiger partial charge in [-0.05, 0) is 45.4 Å². The Balaban J connectivity index is 1.80. The molecule has 0 aromatic carbocycles. The first-order valence-electron chi connectivity index (χ1n) is 14.4. The van der Waals surface area contributed by atoms with Crippen LogP contribution >= 0.6 is 0 Å². The van der Waals surface area contributed by atoms with E-state index in [1.165, 1.54) is 4.90 Å². The maximum Gasteiger partial charge on any atom is 0.313 e. The molecule has 2 saturated heterocycles. The fraction of sp³-hybridized carbons (Fsp3) is 0.733. The van der Waals surface area contributed by atoms with E-state index in [1.54, 1.807) is 24.0 Å². The van der Waals surface area contributed by atoms with Gasteiger partial charge in [-0.15, -0.1) is 0 Å². The molecule has 222 valence electrons. The number of hydrogen-bond donors (Lipinski definition) is 2. The van der Waals surface area contributed by atoms with Gasteiger partial charge >= 0.3 is 5.97 Å². The summed E-state index contributed by atoms with van der Waals surface area (Å²) in [4.78, 5) is 57.8. The van der Waals surface area contributed by atoms with Gasteiger partial charge in [0.05, 0.1) is 18.6 Å². The molecule has 5 bridgehead atoms. The average Bonchev–Trinajstić information content (AvgIpc) is 3.48. The second-order valence-electron chi connectivity index (χ2n) is 13.4. The summed E-state index contributed by atoms with van der Waals surface area (Å²) < 4.78 is 12.1. The second kappa shape index (κ2) is 11.3. The third-order valence-corrected chi connectivity index (χ3v) is 8.29. The van der Waals surface area contributed by atoms with E-state index in [-0.39, 0.29) is 49.3 Å². The third kappa shape index (κ3) is 5.70. The van der Waals surface area contributed by atoms with Gasteiger partial charge in [-0.3, -0.25) is 19.2 Å². The van der Waals surface area contributed by atoms with E-state index in [0.29, 0.717) is 25.8 Å². The molecular weight excluding hydrogens is 514 g/mol. The summed E-state index contributed by atoms with van der Waals surface area (Å²) in [6.45, 7) is 12.6. The lowest BCUT2D eigenvalue weighted by Crippen LogP contribution is -2.60. The van der Waals surface area contributed by atoms with Gasteiger partial charge < -0.3 is 29.7 Å². The first kappa shape index (κ1) is 30.2. The molecule has 4 rings (SSSR count). The summed E-state index contributed by atoms with van der Waals surface area (Å²) >= 11 is 0. The van der Waals surface area contributed by atoms with Crippen molar-refractivity contribution in [2.24, 2.45) is 17.3 Å². The average molecular weight is 560 g/mol. The molecule has 40 heavy (non-hydrogen) atoms. The summed E-state index contributed by atoms with van der Waals surface area (Å²) in [5.74, 6) is -3.16. The summed E-state index contributed by atoms with van der Waals surface area (Å²) in [7, 11) is 0. The van der Waals surface area contributed by atoms with Crippen LogP contribution < -0.4 is 5.32 Å². The molecule has 2 fully saturated rings. The molecule has 10 nitrogen and oxygen atoms in total. The SMILES string of the molecule is C[C@@H]1CNC(=O)CC/C=C\CN(C(C)(C)CC(C)(C)C)C(=O)[C@@H]2N(CCCO)C(=O)[C@H]3[C@H](C(=O)O1)[C@@H]1C=C[C@]23O1. The van der Waals surface area contributed by atoms with Crippen molar-refractivity contribution in [3.05, 3.63) is 24.3 Å². The Morgan fingerprint density at radius 3 is 2.50 bits per heavy atom. The van der Waals surface area contributed by atoms with Gasteiger partial charge in [0.2, 0.25) is 17.7 Å². The smallest absolute Gasteiger partial charge is 0.313 e. The van der Waals surface area contributed by atoms with Gasteiger partial charge in [0.25, 0.3) is 0 Å². The Morgan fingerprint density at radius 2 is 1.82 bits per heavy atom. The van der Waals surface area contributed by atoms with Crippen molar-refractivity contribution >= 4 is 23.7 Å². The zero-order valence-electron chi connectivity index (χ0n) is 24.6. The van der Waals surface area contributed by atoms with E-state index < -0.39 is 47.2 Å². The third-order valence-electron chi connectivity index (χ3n) is 8.29. The summed E-state index contributed by atoms with van der Waals surface area (Å²) in [6, 6.07) is -0.986. The van der Waals surface area contributed by atoms with Crippen molar-refractivity contribution in [1.29, 1.82) is 0 Å². The van der Waals surface area contributed by atoms with Crippen LogP contribution in [0.5, 0.6) is 0 Å². The van der Waals surface area contributed by atoms with E-state index in [2.05, 4.69) is 26.1 Å². The lowest BCUT2D eigenvalue weighted by molar-refractivity contribution is -0.159. The van der Waals surface area contributed by atoms with Crippen LogP contribution in [0.1, 0.15) is 67.2 Å². The zero-order valence-corrected chi connectivity index (χ0v) is 24.6.